The molecule has 1 fully saturated rings. The highest BCUT2D eigenvalue weighted by Gasteiger charge is 2.31. The standard InChI is InChI=1S/C13H18ClN3O/c1-13(2)4-3-9(7-13)16-12(18)8-5-10(14)17-11(15)6-8/h5-6,9H,3-4,7H2,1-2H3,(H2,15,17)(H,16,18). The van der Waals surface area contributed by atoms with Crippen molar-refractivity contribution >= 4 is 23.3 Å². The van der Waals surface area contributed by atoms with Gasteiger partial charge in [-0.25, -0.2) is 4.98 Å². The van der Waals surface area contributed by atoms with Gasteiger partial charge in [-0.1, -0.05) is 25.4 Å². The molecule has 1 aromatic rings. The molecule has 4 nitrogen and oxygen atoms in total. The monoisotopic (exact) mass is 267 g/mol. The van der Waals surface area contributed by atoms with E-state index in [9.17, 15) is 4.79 Å². The molecule has 98 valence electrons. The van der Waals surface area contributed by atoms with E-state index >= 15 is 0 Å². The average Bonchev–Trinajstić information content (AvgIpc) is 2.56. The minimum Gasteiger partial charge on any atom is -0.384 e. The molecule has 0 bridgehead atoms. The summed E-state index contributed by atoms with van der Waals surface area (Å²) in [6.45, 7) is 4.45. The van der Waals surface area contributed by atoms with Crippen molar-refractivity contribution < 1.29 is 4.79 Å². The Morgan fingerprint density at radius 1 is 1.56 bits per heavy atom. The van der Waals surface area contributed by atoms with Crippen molar-refractivity contribution in [2.45, 2.75) is 39.2 Å². The molecule has 3 N–H and O–H groups in total. The molecule has 2 rings (SSSR count). The van der Waals surface area contributed by atoms with E-state index in [1.807, 2.05) is 0 Å². The highest BCUT2D eigenvalue weighted by Crippen LogP contribution is 2.37. The van der Waals surface area contributed by atoms with Gasteiger partial charge in [-0.2, -0.15) is 0 Å². The fourth-order valence-electron chi connectivity index (χ4n) is 2.48. The number of amides is 1. The van der Waals surface area contributed by atoms with Gasteiger partial charge < -0.3 is 11.1 Å². The van der Waals surface area contributed by atoms with E-state index in [-0.39, 0.29) is 22.9 Å². The lowest BCUT2D eigenvalue weighted by atomic mass is 9.92. The van der Waals surface area contributed by atoms with Crippen LogP contribution in [0.2, 0.25) is 5.15 Å². The average molecular weight is 268 g/mol. The Morgan fingerprint density at radius 2 is 2.28 bits per heavy atom. The Kier molecular flexibility index (Phi) is 3.48. The second-order valence-electron chi connectivity index (χ2n) is 5.68. The van der Waals surface area contributed by atoms with Crippen molar-refractivity contribution in [3.8, 4) is 0 Å². The number of carbonyl (C=O) groups excluding carboxylic acids is 1. The summed E-state index contributed by atoms with van der Waals surface area (Å²) in [6.07, 6.45) is 3.16. The predicted molar refractivity (Wildman–Crippen MR) is 72.5 cm³/mol. The number of hydrogen-bond acceptors (Lipinski definition) is 3. The van der Waals surface area contributed by atoms with Crippen LogP contribution in [0.25, 0.3) is 0 Å². The highest BCUT2D eigenvalue weighted by molar-refractivity contribution is 6.29. The summed E-state index contributed by atoms with van der Waals surface area (Å²) < 4.78 is 0. The Hall–Kier alpha value is -1.29. The molecule has 1 unspecified atom stereocenters. The summed E-state index contributed by atoms with van der Waals surface area (Å²) in [6, 6.07) is 3.31. The number of hydrogen-bond donors (Lipinski definition) is 2. The number of nitrogens with two attached hydrogens (primary N) is 1. The van der Waals surface area contributed by atoms with Crippen LogP contribution < -0.4 is 11.1 Å². The van der Waals surface area contributed by atoms with Crippen LogP contribution in [0, 0.1) is 5.41 Å². The lowest BCUT2D eigenvalue weighted by Crippen LogP contribution is -2.33. The lowest BCUT2D eigenvalue weighted by molar-refractivity contribution is 0.0936. The van der Waals surface area contributed by atoms with Crippen LogP contribution in [0.3, 0.4) is 0 Å². The summed E-state index contributed by atoms with van der Waals surface area (Å²) in [5.74, 6) is 0.133. The van der Waals surface area contributed by atoms with Crippen LogP contribution in [-0.4, -0.2) is 16.9 Å². The number of aromatic nitrogens is 1. The first kappa shape index (κ1) is 13.1. The fraction of sp³-hybridized carbons (Fsp3) is 0.538. The Bertz CT molecular complexity index is 453. The molecule has 1 saturated carbocycles. The molecule has 1 aliphatic carbocycles. The summed E-state index contributed by atoms with van der Waals surface area (Å²) in [4.78, 5) is 15.9. The topological polar surface area (TPSA) is 68.0 Å². The minimum atomic E-state index is -0.131. The number of nitrogens with one attached hydrogen (secondary N) is 1. The van der Waals surface area contributed by atoms with Crippen LogP contribution in [-0.2, 0) is 0 Å². The van der Waals surface area contributed by atoms with Crippen molar-refractivity contribution in [3.63, 3.8) is 0 Å². The lowest BCUT2D eigenvalue weighted by Gasteiger charge is -2.18. The van der Waals surface area contributed by atoms with Crippen molar-refractivity contribution in [2.24, 2.45) is 5.41 Å². The number of nitrogen functional groups attached to an aromatic ring is 1. The largest absolute Gasteiger partial charge is 0.384 e. The first-order valence-electron chi connectivity index (χ1n) is 6.10. The Morgan fingerprint density at radius 3 is 2.83 bits per heavy atom. The van der Waals surface area contributed by atoms with Gasteiger partial charge in [0.25, 0.3) is 5.91 Å². The van der Waals surface area contributed by atoms with Gasteiger partial charge in [0.2, 0.25) is 0 Å². The third-order valence-electron chi connectivity index (χ3n) is 3.38. The third-order valence-corrected chi connectivity index (χ3v) is 3.57. The molecule has 1 atom stereocenters. The maximum atomic E-state index is 12.1. The van der Waals surface area contributed by atoms with Gasteiger partial charge in [0.15, 0.2) is 0 Å². The van der Waals surface area contributed by atoms with Gasteiger partial charge in [-0.3, -0.25) is 4.79 Å². The van der Waals surface area contributed by atoms with Gasteiger partial charge in [0, 0.05) is 11.6 Å². The Balaban J connectivity index is 2.04. The molecule has 1 heterocycles. The van der Waals surface area contributed by atoms with E-state index in [2.05, 4.69) is 24.1 Å². The van der Waals surface area contributed by atoms with Gasteiger partial charge >= 0.3 is 0 Å². The number of anilines is 1. The molecule has 5 heteroatoms. The van der Waals surface area contributed by atoms with E-state index in [1.54, 1.807) is 6.07 Å². The van der Waals surface area contributed by atoms with Crippen molar-refractivity contribution in [1.82, 2.24) is 10.3 Å². The zero-order valence-electron chi connectivity index (χ0n) is 10.7. The van der Waals surface area contributed by atoms with E-state index in [0.717, 1.165) is 19.3 Å². The van der Waals surface area contributed by atoms with Crippen LogP contribution in [0.1, 0.15) is 43.5 Å². The normalized spacial score (nSPS) is 21.8. The van der Waals surface area contributed by atoms with E-state index < -0.39 is 0 Å². The molecular weight excluding hydrogens is 250 g/mol. The molecule has 1 aliphatic rings. The number of pyridine rings is 1. The van der Waals surface area contributed by atoms with Gasteiger partial charge in [0.1, 0.15) is 11.0 Å². The molecule has 0 spiro atoms. The van der Waals surface area contributed by atoms with E-state index in [4.69, 9.17) is 17.3 Å². The van der Waals surface area contributed by atoms with Gasteiger partial charge in [0.05, 0.1) is 0 Å². The molecule has 0 saturated heterocycles. The number of carbonyl (C=O) groups is 1. The summed E-state index contributed by atoms with van der Waals surface area (Å²) >= 11 is 5.79. The third kappa shape index (κ3) is 3.13. The first-order valence-corrected chi connectivity index (χ1v) is 6.47. The summed E-state index contributed by atoms with van der Waals surface area (Å²) in [7, 11) is 0. The molecular formula is C13H18ClN3O. The number of rotatable bonds is 2. The van der Waals surface area contributed by atoms with E-state index in [0.29, 0.717) is 11.0 Å². The SMILES string of the molecule is CC1(C)CCC(NC(=O)c2cc(N)nc(Cl)c2)C1. The molecule has 1 aromatic heterocycles. The summed E-state index contributed by atoms with van der Waals surface area (Å²) in [5.41, 5.74) is 6.35. The first-order chi connectivity index (χ1) is 8.35. The molecule has 0 aromatic carbocycles. The van der Waals surface area contributed by atoms with Gasteiger partial charge in [-0.15, -0.1) is 0 Å². The number of nitrogens with zero attached hydrogens (tertiary/aromatic N) is 1. The fourth-order valence-corrected chi connectivity index (χ4v) is 2.69. The minimum absolute atomic E-state index is 0.131. The zero-order valence-corrected chi connectivity index (χ0v) is 11.4. The zero-order chi connectivity index (χ0) is 13.3. The van der Waals surface area contributed by atoms with Crippen LogP contribution >= 0.6 is 11.6 Å². The van der Waals surface area contributed by atoms with Crippen molar-refractivity contribution in [2.75, 3.05) is 5.73 Å². The quantitative estimate of drug-likeness (QED) is 0.810. The van der Waals surface area contributed by atoms with Crippen molar-refractivity contribution in [3.05, 3.63) is 22.8 Å². The van der Waals surface area contributed by atoms with E-state index in [1.165, 1.54) is 6.07 Å². The smallest absolute Gasteiger partial charge is 0.251 e. The second-order valence-corrected chi connectivity index (χ2v) is 6.07. The molecule has 0 radical (unpaired) electrons. The maximum Gasteiger partial charge on any atom is 0.251 e. The molecule has 18 heavy (non-hydrogen) atoms. The van der Waals surface area contributed by atoms with Crippen molar-refractivity contribution in [1.29, 1.82) is 0 Å². The molecule has 1 amide bonds. The predicted octanol–water partition coefficient (Wildman–Crippen LogP) is 2.63. The highest BCUT2D eigenvalue weighted by atomic mass is 35.5. The van der Waals surface area contributed by atoms with Crippen LogP contribution in [0.4, 0.5) is 5.82 Å². The second kappa shape index (κ2) is 4.76. The van der Waals surface area contributed by atoms with Gasteiger partial charge in [-0.05, 0) is 36.8 Å². The maximum absolute atomic E-state index is 12.1. The summed E-state index contributed by atoms with van der Waals surface area (Å²) in [5, 5.41) is 3.27. The van der Waals surface area contributed by atoms with Crippen LogP contribution in [0.15, 0.2) is 12.1 Å². The molecule has 0 aliphatic heterocycles. The van der Waals surface area contributed by atoms with Crippen LogP contribution in [0.5, 0.6) is 0 Å². The number of halogens is 1. The Labute approximate surface area is 112 Å².